The normalized spacial score (nSPS) is 24.3. The van der Waals surface area contributed by atoms with Crippen LogP contribution in [0.25, 0.3) is 16.5 Å². The average Bonchev–Trinajstić information content (AvgIpc) is 3.13. The van der Waals surface area contributed by atoms with Crippen molar-refractivity contribution in [3.8, 4) is 0 Å². The Morgan fingerprint density at radius 3 is 2.59 bits per heavy atom. The van der Waals surface area contributed by atoms with Gasteiger partial charge in [0.15, 0.2) is 5.78 Å². The molecular weight excluding hydrogens is 434 g/mol. The van der Waals surface area contributed by atoms with Gasteiger partial charge in [-0.25, -0.2) is 14.8 Å². The number of fused-ring (bicyclic) bond motifs is 2. The number of aliphatic carboxylic acids is 1. The first-order valence-electron chi connectivity index (χ1n) is 11.2. The molecule has 2 aromatic rings. The van der Waals surface area contributed by atoms with Crippen LogP contribution < -0.4 is 0 Å². The summed E-state index contributed by atoms with van der Waals surface area (Å²) in [4.78, 5) is 47.0. The standard InChI is InChI=1S/C25H29N5O4/c1-13-7-17(14(2)11-27-16(4)26-6)8-18-22(15(3)31)28-29(23(13)18)12-21(32)30-19(24(33)34)9-25(5)10-20(25)30/h7-8,11,19-20H,6,9-10,12H2,1-5H3,(H,33,34)/b14-11+,27-16-/t19-,20?,25-/m0/s1. The van der Waals surface area contributed by atoms with E-state index in [1.54, 1.807) is 13.1 Å². The van der Waals surface area contributed by atoms with Crippen molar-refractivity contribution in [3.63, 3.8) is 0 Å². The fraction of sp³-hybridized carbons (Fsp3) is 0.440. The molecule has 1 aliphatic heterocycles. The lowest BCUT2D eigenvalue weighted by atomic mass is 10.0. The molecule has 1 aromatic carbocycles. The summed E-state index contributed by atoms with van der Waals surface area (Å²) in [5.74, 6) is -0.941. The van der Waals surface area contributed by atoms with Crippen LogP contribution in [0.4, 0.5) is 0 Å². The van der Waals surface area contributed by atoms with Crippen molar-refractivity contribution < 1.29 is 19.5 Å². The molecule has 1 saturated heterocycles. The highest BCUT2D eigenvalue weighted by Crippen LogP contribution is 2.59. The number of aryl methyl sites for hydroxylation is 1. The number of carboxylic acid groups (broad SMARTS) is 1. The Labute approximate surface area is 197 Å². The summed E-state index contributed by atoms with van der Waals surface area (Å²) < 4.78 is 1.54. The molecule has 0 spiro atoms. The zero-order valence-electron chi connectivity index (χ0n) is 20.1. The van der Waals surface area contributed by atoms with E-state index in [1.807, 2.05) is 32.9 Å². The van der Waals surface area contributed by atoms with Gasteiger partial charge in [0.1, 0.15) is 24.1 Å². The number of carbonyl (C=O) groups is 3. The Hall–Kier alpha value is -3.62. The summed E-state index contributed by atoms with van der Waals surface area (Å²) in [6.45, 7) is 12.4. The number of ketones is 1. The number of rotatable bonds is 6. The minimum Gasteiger partial charge on any atom is -0.480 e. The zero-order chi connectivity index (χ0) is 24.9. The van der Waals surface area contributed by atoms with Crippen LogP contribution in [0.5, 0.6) is 0 Å². The number of nitrogens with zero attached hydrogens (tertiary/aromatic N) is 5. The van der Waals surface area contributed by atoms with E-state index in [-0.39, 0.29) is 35.4 Å². The summed E-state index contributed by atoms with van der Waals surface area (Å²) in [6, 6.07) is 2.96. The fourth-order valence-electron chi connectivity index (χ4n) is 4.99. The predicted molar refractivity (Wildman–Crippen MR) is 130 cm³/mol. The molecule has 9 heteroatoms. The highest BCUT2D eigenvalue weighted by molar-refractivity contribution is 6.06. The molecule has 0 radical (unpaired) electrons. The number of allylic oxidation sites excluding steroid dienone is 1. The number of Topliss-reactive ketones (excluding diaryl/α,β-unsaturated/α-hetero) is 1. The van der Waals surface area contributed by atoms with Crippen LogP contribution in [0.2, 0.25) is 0 Å². The number of hydrogen-bond donors (Lipinski definition) is 1. The van der Waals surface area contributed by atoms with E-state index in [0.29, 0.717) is 23.2 Å². The van der Waals surface area contributed by atoms with Gasteiger partial charge in [-0.05, 0) is 74.6 Å². The number of hydrogen-bond acceptors (Lipinski definition) is 5. The SMILES string of the molecule is C=N/C(C)=N\C=C(/C)c1cc(C)c2c(c1)c(C(C)=O)nn2CC(=O)N1C2C[C@]2(C)C[C@H]1C(=O)O. The third kappa shape index (κ3) is 3.95. The van der Waals surface area contributed by atoms with Crippen molar-refractivity contribution in [2.45, 2.75) is 66.1 Å². The lowest BCUT2D eigenvalue weighted by Crippen LogP contribution is -2.44. The van der Waals surface area contributed by atoms with Gasteiger partial charge < -0.3 is 10.0 Å². The Balaban J connectivity index is 1.73. The topological polar surface area (TPSA) is 117 Å². The maximum atomic E-state index is 13.3. The molecule has 2 heterocycles. The molecule has 4 rings (SSSR count). The molecule has 1 amide bonds. The van der Waals surface area contributed by atoms with E-state index >= 15 is 0 Å². The molecule has 0 bridgehead atoms. The average molecular weight is 464 g/mol. The maximum absolute atomic E-state index is 13.3. The maximum Gasteiger partial charge on any atom is 0.326 e. The molecule has 1 N–H and O–H groups in total. The van der Waals surface area contributed by atoms with E-state index in [9.17, 15) is 19.5 Å². The fourth-order valence-corrected chi connectivity index (χ4v) is 4.99. The second kappa shape index (κ2) is 8.30. The lowest BCUT2D eigenvalue weighted by molar-refractivity contribution is -0.149. The van der Waals surface area contributed by atoms with Crippen LogP contribution in [0.1, 0.15) is 62.2 Å². The van der Waals surface area contributed by atoms with Crippen LogP contribution in [-0.4, -0.2) is 62.1 Å². The van der Waals surface area contributed by atoms with Crippen molar-refractivity contribution in [3.05, 3.63) is 35.2 Å². The minimum absolute atomic E-state index is 0.0512. The molecule has 34 heavy (non-hydrogen) atoms. The second-order valence-corrected chi connectivity index (χ2v) is 9.63. The first kappa shape index (κ1) is 23.5. The smallest absolute Gasteiger partial charge is 0.326 e. The number of amidine groups is 1. The van der Waals surface area contributed by atoms with Crippen molar-refractivity contribution >= 4 is 46.7 Å². The molecule has 9 nitrogen and oxygen atoms in total. The van der Waals surface area contributed by atoms with Gasteiger partial charge in [0.2, 0.25) is 5.91 Å². The summed E-state index contributed by atoms with van der Waals surface area (Å²) in [5, 5.41) is 14.8. The first-order valence-corrected chi connectivity index (χ1v) is 11.2. The molecule has 2 aliphatic rings. The third-order valence-electron chi connectivity index (χ3n) is 6.99. The summed E-state index contributed by atoms with van der Waals surface area (Å²) in [5.41, 5.74) is 3.45. The van der Waals surface area contributed by atoms with Gasteiger partial charge >= 0.3 is 5.97 Å². The molecule has 1 saturated carbocycles. The van der Waals surface area contributed by atoms with Crippen molar-refractivity contribution in [2.75, 3.05) is 0 Å². The summed E-state index contributed by atoms with van der Waals surface area (Å²) in [7, 11) is 0. The summed E-state index contributed by atoms with van der Waals surface area (Å²) >= 11 is 0. The first-order chi connectivity index (χ1) is 16.0. The van der Waals surface area contributed by atoms with Crippen LogP contribution in [-0.2, 0) is 16.1 Å². The number of piperidine rings is 1. The van der Waals surface area contributed by atoms with Gasteiger partial charge in [-0.15, -0.1) is 0 Å². The monoisotopic (exact) mass is 463 g/mol. The van der Waals surface area contributed by atoms with Crippen molar-refractivity contribution in [1.29, 1.82) is 0 Å². The largest absolute Gasteiger partial charge is 0.480 e. The third-order valence-corrected chi connectivity index (χ3v) is 6.99. The quantitative estimate of drug-likeness (QED) is 0.400. The van der Waals surface area contributed by atoms with E-state index < -0.39 is 12.0 Å². The lowest BCUT2D eigenvalue weighted by Gasteiger charge is -2.24. The predicted octanol–water partition coefficient (Wildman–Crippen LogP) is 3.49. The number of carboxylic acids is 1. The highest BCUT2D eigenvalue weighted by atomic mass is 16.4. The summed E-state index contributed by atoms with van der Waals surface area (Å²) in [6.07, 6.45) is 2.98. The molecule has 3 atom stereocenters. The number of aromatic nitrogens is 2. The van der Waals surface area contributed by atoms with Crippen LogP contribution in [0.3, 0.4) is 0 Å². The molecule has 2 fully saturated rings. The van der Waals surface area contributed by atoms with Gasteiger partial charge in [0.05, 0.1) is 5.52 Å². The Bertz CT molecular complexity index is 1300. The van der Waals surface area contributed by atoms with Gasteiger partial charge in [0, 0.05) is 24.6 Å². The van der Waals surface area contributed by atoms with Crippen molar-refractivity contribution in [2.24, 2.45) is 15.4 Å². The van der Waals surface area contributed by atoms with Crippen molar-refractivity contribution in [1.82, 2.24) is 14.7 Å². The number of amides is 1. The number of carbonyl (C=O) groups excluding carboxylic acids is 2. The van der Waals surface area contributed by atoms with E-state index in [2.05, 4.69) is 21.8 Å². The Morgan fingerprint density at radius 1 is 1.26 bits per heavy atom. The Morgan fingerprint density at radius 2 is 1.97 bits per heavy atom. The van der Waals surface area contributed by atoms with Crippen LogP contribution in [0, 0.1) is 12.3 Å². The van der Waals surface area contributed by atoms with Crippen LogP contribution in [0.15, 0.2) is 28.3 Å². The molecule has 1 aromatic heterocycles. The second-order valence-electron chi connectivity index (χ2n) is 9.63. The van der Waals surface area contributed by atoms with Gasteiger partial charge in [-0.1, -0.05) is 6.92 Å². The molecule has 178 valence electrons. The highest BCUT2D eigenvalue weighted by Gasteiger charge is 2.64. The zero-order valence-corrected chi connectivity index (χ0v) is 20.1. The Kier molecular flexibility index (Phi) is 5.75. The molecule has 1 unspecified atom stereocenters. The molecular formula is C25H29N5O4. The van der Waals surface area contributed by atoms with Gasteiger partial charge in [-0.3, -0.25) is 14.3 Å². The van der Waals surface area contributed by atoms with Crippen LogP contribution >= 0.6 is 0 Å². The number of likely N-dealkylation sites (tertiary alicyclic amines) is 1. The van der Waals surface area contributed by atoms with E-state index in [4.69, 9.17) is 0 Å². The van der Waals surface area contributed by atoms with Gasteiger partial charge in [0.25, 0.3) is 0 Å². The number of aliphatic imine (C=N–C) groups is 2. The van der Waals surface area contributed by atoms with E-state index in [1.165, 1.54) is 16.5 Å². The number of benzene rings is 1. The molecule has 1 aliphatic carbocycles. The minimum atomic E-state index is -0.982. The van der Waals surface area contributed by atoms with Gasteiger partial charge in [-0.2, -0.15) is 5.10 Å². The van der Waals surface area contributed by atoms with E-state index in [0.717, 1.165) is 23.1 Å².